The van der Waals surface area contributed by atoms with E-state index in [2.05, 4.69) is 11.2 Å². The summed E-state index contributed by atoms with van der Waals surface area (Å²) in [6.07, 6.45) is 6.22. The number of aliphatic hydroxyl groups excluding tert-OH is 1. The second-order valence-electron chi connectivity index (χ2n) is 5.85. The lowest BCUT2D eigenvalue weighted by Gasteiger charge is -2.09. The Hall–Kier alpha value is -0.840. The fourth-order valence-electron chi connectivity index (χ4n) is 3.04. The van der Waals surface area contributed by atoms with E-state index in [-0.39, 0.29) is 0 Å². The molecule has 1 aliphatic rings. The number of halogens is 1. The molecule has 0 amide bonds. The van der Waals surface area contributed by atoms with Crippen LogP contribution in [0.3, 0.4) is 0 Å². The Balaban J connectivity index is 1.81. The highest BCUT2D eigenvalue weighted by Gasteiger charge is 2.20. The second kappa shape index (κ2) is 6.11. The van der Waals surface area contributed by atoms with Gasteiger partial charge in [-0.15, -0.1) is 11.3 Å². The Morgan fingerprint density at radius 3 is 2.86 bits per heavy atom. The highest BCUT2D eigenvalue weighted by Crippen LogP contribution is 2.34. The van der Waals surface area contributed by atoms with E-state index in [1.54, 1.807) is 16.0 Å². The monoisotopic (exact) mass is 324 g/mol. The minimum absolute atomic E-state index is 0.491. The van der Waals surface area contributed by atoms with Crippen molar-refractivity contribution in [2.75, 3.05) is 0 Å². The smallest absolute Gasteiger partial charge is 0.0937 e. The van der Waals surface area contributed by atoms with Gasteiger partial charge in [0, 0.05) is 23.2 Å². The van der Waals surface area contributed by atoms with Crippen LogP contribution >= 0.6 is 22.9 Å². The first kappa shape index (κ1) is 15.1. The van der Waals surface area contributed by atoms with Crippen molar-refractivity contribution in [1.82, 2.24) is 9.78 Å². The van der Waals surface area contributed by atoms with Gasteiger partial charge in [-0.25, -0.2) is 0 Å². The standard InChI is InChI=1S/C16H21ClN2OS/c1-10-16(17)12(19(2)18-10)9-13(20)15-8-11-6-4-3-5-7-14(11)21-15/h8,13,20H,3-7,9H2,1-2H3. The van der Waals surface area contributed by atoms with Crippen LogP contribution in [0.2, 0.25) is 5.02 Å². The predicted octanol–water partition coefficient (Wildman–Crippen LogP) is 3.99. The van der Waals surface area contributed by atoms with Crippen molar-refractivity contribution in [2.24, 2.45) is 7.05 Å². The SMILES string of the molecule is Cc1nn(C)c(CC(O)c2cc3c(s2)CCCCC3)c1Cl. The summed E-state index contributed by atoms with van der Waals surface area (Å²) < 4.78 is 1.78. The molecule has 0 saturated heterocycles. The number of aryl methyl sites for hydroxylation is 4. The number of thiophene rings is 1. The molecule has 3 rings (SSSR count). The molecule has 3 nitrogen and oxygen atoms in total. The molecule has 2 heterocycles. The van der Waals surface area contributed by atoms with Crippen LogP contribution in [0.15, 0.2) is 6.07 Å². The zero-order valence-corrected chi connectivity index (χ0v) is 14.1. The molecule has 21 heavy (non-hydrogen) atoms. The molecule has 1 unspecified atom stereocenters. The van der Waals surface area contributed by atoms with Crippen LogP contribution < -0.4 is 0 Å². The van der Waals surface area contributed by atoms with Crippen LogP contribution in [-0.2, 0) is 26.3 Å². The first-order chi connectivity index (χ1) is 10.1. The largest absolute Gasteiger partial charge is 0.387 e. The number of aliphatic hydroxyl groups is 1. The summed E-state index contributed by atoms with van der Waals surface area (Å²) in [6, 6.07) is 2.20. The summed E-state index contributed by atoms with van der Waals surface area (Å²) in [7, 11) is 1.88. The molecule has 0 spiro atoms. The van der Waals surface area contributed by atoms with Gasteiger partial charge in [0.2, 0.25) is 0 Å². The third-order valence-corrected chi connectivity index (χ3v) is 6.07. The van der Waals surface area contributed by atoms with Gasteiger partial charge < -0.3 is 5.11 Å². The van der Waals surface area contributed by atoms with E-state index in [4.69, 9.17) is 11.6 Å². The molecule has 5 heteroatoms. The molecule has 114 valence electrons. The highest BCUT2D eigenvalue weighted by atomic mass is 35.5. The van der Waals surface area contributed by atoms with E-state index in [1.165, 1.54) is 29.7 Å². The van der Waals surface area contributed by atoms with Crippen molar-refractivity contribution in [3.8, 4) is 0 Å². The van der Waals surface area contributed by atoms with Crippen LogP contribution in [0.5, 0.6) is 0 Å². The molecule has 0 aromatic carbocycles. The predicted molar refractivity (Wildman–Crippen MR) is 87.2 cm³/mol. The minimum Gasteiger partial charge on any atom is -0.387 e. The van der Waals surface area contributed by atoms with Gasteiger partial charge in [-0.2, -0.15) is 5.10 Å². The number of hydrogen-bond acceptors (Lipinski definition) is 3. The lowest BCUT2D eigenvalue weighted by molar-refractivity contribution is 0.179. The third kappa shape index (κ3) is 3.03. The first-order valence-corrected chi connectivity index (χ1v) is 8.73. The highest BCUT2D eigenvalue weighted by molar-refractivity contribution is 7.12. The van der Waals surface area contributed by atoms with E-state index >= 15 is 0 Å². The third-order valence-electron chi connectivity index (χ3n) is 4.24. The molecule has 1 N–H and O–H groups in total. The second-order valence-corrected chi connectivity index (χ2v) is 7.39. The number of rotatable bonds is 3. The van der Waals surface area contributed by atoms with E-state index in [1.807, 2.05) is 14.0 Å². The normalized spacial score (nSPS) is 16.6. The van der Waals surface area contributed by atoms with Gasteiger partial charge in [-0.05, 0) is 44.2 Å². The van der Waals surface area contributed by atoms with E-state index < -0.39 is 6.10 Å². The Labute approximate surface area is 134 Å². The average molecular weight is 325 g/mol. The fourth-order valence-corrected chi connectivity index (χ4v) is 4.52. The van der Waals surface area contributed by atoms with Crippen LogP contribution in [0.4, 0.5) is 0 Å². The van der Waals surface area contributed by atoms with Gasteiger partial charge in [-0.3, -0.25) is 4.68 Å². The first-order valence-electron chi connectivity index (χ1n) is 7.53. The van der Waals surface area contributed by atoms with E-state index in [0.29, 0.717) is 11.4 Å². The van der Waals surface area contributed by atoms with Crippen molar-refractivity contribution in [2.45, 2.75) is 51.6 Å². The molecule has 2 aromatic heterocycles. The van der Waals surface area contributed by atoms with Gasteiger partial charge in [0.15, 0.2) is 0 Å². The maximum Gasteiger partial charge on any atom is 0.0937 e. The van der Waals surface area contributed by atoms with Crippen LogP contribution in [-0.4, -0.2) is 14.9 Å². The average Bonchev–Trinajstić information content (AvgIpc) is 2.86. The van der Waals surface area contributed by atoms with E-state index in [0.717, 1.165) is 29.1 Å². The van der Waals surface area contributed by atoms with Crippen LogP contribution in [0.1, 0.15) is 52.1 Å². The molecule has 0 saturated carbocycles. The van der Waals surface area contributed by atoms with Crippen molar-refractivity contribution < 1.29 is 5.11 Å². The summed E-state index contributed by atoms with van der Waals surface area (Å²) in [4.78, 5) is 2.53. The van der Waals surface area contributed by atoms with Gasteiger partial charge in [-0.1, -0.05) is 18.0 Å². The van der Waals surface area contributed by atoms with Gasteiger partial charge in [0.25, 0.3) is 0 Å². The molecule has 2 aromatic rings. The summed E-state index contributed by atoms with van der Waals surface area (Å²) in [5, 5.41) is 15.5. The quantitative estimate of drug-likeness (QED) is 0.867. The molecule has 0 fully saturated rings. The zero-order valence-electron chi connectivity index (χ0n) is 12.5. The fraction of sp³-hybridized carbons (Fsp3) is 0.562. The molecule has 0 aliphatic heterocycles. The summed E-state index contributed by atoms with van der Waals surface area (Å²) in [5.74, 6) is 0. The Morgan fingerprint density at radius 1 is 1.38 bits per heavy atom. The Morgan fingerprint density at radius 2 is 2.14 bits per heavy atom. The summed E-state index contributed by atoms with van der Waals surface area (Å²) in [6.45, 7) is 1.89. The molecule has 1 atom stereocenters. The maximum absolute atomic E-state index is 10.6. The van der Waals surface area contributed by atoms with Crippen LogP contribution in [0.25, 0.3) is 0 Å². The minimum atomic E-state index is -0.491. The molecule has 0 radical (unpaired) electrons. The molecular formula is C16H21ClN2OS. The lowest BCUT2D eigenvalue weighted by Crippen LogP contribution is -2.05. The van der Waals surface area contributed by atoms with Crippen molar-refractivity contribution >= 4 is 22.9 Å². The summed E-state index contributed by atoms with van der Waals surface area (Å²) >= 11 is 8.05. The number of nitrogens with zero attached hydrogens (tertiary/aromatic N) is 2. The van der Waals surface area contributed by atoms with Gasteiger partial charge >= 0.3 is 0 Å². The maximum atomic E-state index is 10.6. The topological polar surface area (TPSA) is 38.0 Å². The Kier molecular flexibility index (Phi) is 4.38. The number of aromatic nitrogens is 2. The number of fused-ring (bicyclic) bond motifs is 1. The number of hydrogen-bond donors (Lipinski definition) is 1. The molecular weight excluding hydrogens is 304 g/mol. The van der Waals surface area contributed by atoms with Crippen molar-refractivity contribution in [3.63, 3.8) is 0 Å². The molecule has 1 aliphatic carbocycles. The van der Waals surface area contributed by atoms with Crippen molar-refractivity contribution in [1.29, 1.82) is 0 Å². The van der Waals surface area contributed by atoms with Gasteiger partial charge in [0.1, 0.15) is 0 Å². The van der Waals surface area contributed by atoms with Crippen molar-refractivity contribution in [3.05, 3.63) is 37.8 Å². The van der Waals surface area contributed by atoms with E-state index in [9.17, 15) is 5.11 Å². The van der Waals surface area contributed by atoms with Crippen LogP contribution in [0, 0.1) is 6.92 Å². The molecule has 0 bridgehead atoms. The van der Waals surface area contributed by atoms with Gasteiger partial charge in [0.05, 0.1) is 22.5 Å². The lowest BCUT2D eigenvalue weighted by atomic mass is 10.1. The summed E-state index contributed by atoms with van der Waals surface area (Å²) in [5.41, 5.74) is 3.17. The Bertz CT molecular complexity index is 623. The zero-order chi connectivity index (χ0) is 15.0.